The predicted molar refractivity (Wildman–Crippen MR) is 81.3 cm³/mol. The topological polar surface area (TPSA) is 64.3 Å². The molecule has 21 heavy (non-hydrogen) atoms. The number of unbranched alkanes of at least 4 members (excludes halogenated alkanes) is 3. The highest BCUT2D eigenvalue weighted by Crippen LogP contribution is 2.16. The zero-order valence-corrected chi connectivity index (χ0v) is 12.6. The molecule has 5 heteroatoms. The lowest BCUT2D eigenvalue weighted by atomic mass is 10.1. The zero-order chi connectivity index (χ0) is 15.5. The van der Waals surface area contributed by atoms with E-state index in [4.69, 9.17) is 10.5 Å². The van der Waals surface area contributed by atoms with Gasteiger partial charge in [0.1, 0.15) is 5.82 Å². The van der Waals surface area contributed by atoms with Crippen molar-refractivity contribution in [3.63, 3.8) is 0 Å². The van der Waals surface area contributed by atoms with Gasteiger partial charge < -0.3 is 15.8 Å². The second-order valence-electron chi connectivity index (χ2n) is 5.03. The molecule has 0 aromatic heterocycles. The van der Waals surface area contributed by atoms with Crippen LogP contribution in [0, 0.1) is 5.82 Å². The summed E-state index contributed by atoms with van der Waals surface area (Å²) in [6.45, 7) is 1.10. The van der Waals surface area contributed by atoms with Crippen LogP contribution in [-0.2, 0) is 9.53 Å². The maximum absolute atomic E-state index is 12.9. The normalized spacial score (nSPS) is 12.1. The zero-order valence-electron chi connectivity index (χ0n) is 12.6. The summed E-state index contributed by atoms with van der Waals surface area (Å²) in [5, 5.41) is 2.86. The largest absolute Gasteiger partial charge is 0.375 e. The maximum Gasteiger partial charge on any atom is 0.220 e. The van der Waals surface area contributed by atoms with Crippen LogP contribution in [0.4, 0.5) is 4.39 Å². The van der Waals surface area contributed by atoms with Crippen molar-refractivity contribution in [2.75, 3.05) is 20.2 Å². The smallest absolute Gasteiger partial charge is 0.220 e. The minimum atomic E-state index is -0.282. The van der Waals surface area contributed by atoms with E-state index in [1.165, 1.54) is 12.1 Å². The van der Waals surface area contributed by atoms with Crippen molar-refractivity contribution in [3.8, 4) is 0 Å². The SMILES string of the molecule is COC(CNC(=O)CCCCCCN)c1ccc(F)cc1. The van der Waals surface area contributed by atoms with Gasteiger partial charge in [-0.1, -0.05) is 25.0 Å². The van der Waals surface area contributed by atoms with Crippen molar-refractivity contribution < 1.29 is 13.9 Å². The molecule has 1 atom stereocenters. The molecule has 0 spiro atoms. The predicted octanol–water partition coefficient (Wildman–Crippen LogP) is 2.54. The lowest BCUT2D eigenvalue weighted by Gasteiger charge is -2.16. The summed E-state index contributed by atoms with van der Waals surface area (Å²) in [6, 6.07) is 6.12. The molecule has 1 aromatic carbocycles. The van der Waals surface area contributed by atoms with E-state index in [9.17, 15) is 9.18 Å². The van der Waals surface area contributed by atoms with Gasteiger partial charge >= 0.3 is 0 Å². The molecule has 0 aliphatic heterocycles. The fourth-order valence-corrected chi connectivity index (χ4v) is 2.09. The van der Waals surface area contributed by atoms with E-state index in [1.807, 2.05) is 0 Å². The Bertz CT molecular complexity index is 409. The first kappa shape index (κ1) is 17.6. The summed E-state index contributed by atoms with van der Waals surface area (Å²) < 4.78 is 18.2. The third-order valence-corrected chi connectivity index (χ3v) is 3.37. The van der Waals surface area contributed by atoms with Gasteiger partial charge in [0.05, 0.1) is 6.10 Å². The van der Waals surface area contributed by atoms with Crippen molar-refractivity contribution >= 4 is 5.91 Å². The van der Waals surface area contributed by atoms with Crippen LogP contribution in [0.15, 0.2) is 24.3 Å². The number of carbonyl (C=O) groups excluding carboxylic acids is 1. The lowest BCUT2D eigenvalue weighted by molar-refractivity contribution is -0.121. The highest BCUT2D eigenvalue weighted by molar-refractivity contribution is 5.75. The number of ether oxygens (including phenoxy) is 1. The molecule has 4 nitrogen and oxygen atoms in total. The number of amides is 1. The van der Waals surface area contributed by atoms with Gasteiger partial charge in [0.25, 0.3) is 0 Å². The second kappa shape index (κ2) is 10.3. The summed E-state index contributed by atoms with van der Waals surface area (Å²) in [5.74, 6) is -0.262. The Morgan fingerprint density at radius 1 is 1.24 bits per heavy atom. The Labute approximate surface area is 125 Å². The number of hydrogen-bond acceptors (Lipinski definition) is 3. The molecule has 1 rings (SSSR count). The van der Waals surface area contributed by atoms with E-state index in [2.05, 4.69) is 5.32 Å². The van der Waals surface area contributed by atoms with Crippen molar-refractivity contribution in [1.82, 2.24) is 5.32 Å². The highest BCUT2D eigenvalue weighted by Gasteiger charge is 2.12. The number of hydrogen-bond donors (Lipinski definition) is 2. The van der Waals surface area contributed by atoms with Gasteiger partial charge in [-0.15, -0.1) is 0 Å². The van der Waals surface area contributed by atoms with Crippen molar-refractivity contribution in [3.05, 3.63) is 35.6 Å². The molecular formula is C16H25FN2O2. The molecule has 0 fully saturated rings. The van der Waals surface area contributed by atoms with E-state index in [1.54, 1.807) is 19.2 Å². The maximum atomic E-state index is 12.9. The molecule has 0 radical (unpaired) electrons. The molecule has 1 amide bonds. The first-order valence-corrected chi connectivity index (χ1v) is 7.42. The number of halogens is 1. The first-order chi connectivity index (χ1) is 10.2. The van der Waals surface area contributed by atoms with Crippen LogP contribution in [0.25, 0.3) is 0 Å². The summed E-state index contributed by atoms with van der Waals surface area (Å²) in [4.78, 5) is 11.7. The molecule has 0 saturated heterocycles. The summed E-state index contributed by atoms with van der Waals surface area (Å²) in [7, 11) is 1.58. The van der Waals surface area contributed by atoms with Gasteiger partial charge in [0.2, 0.25) is 5.91 Å². The molecule has 1 unspecified atom stereocenters. The van der Waals surface area contributed by atoms with Gasteiger partial charge in [-0.3, -0.25) is 4.79 Å². The van der Waals surface area contributed by atoms with Crippen LogP contribution in [0.1, 0.15) is 43.8 Å². The van der Waals surface area contributed by atoms with Crippen LogP contribution in [0.5, 0.6) is 0 Å². The van der Waals surface area contributed by atoms with Gasteiger partial charge in [-0.05, 0) is 37.1 Å². The number of rotatable bonds is 10. The van der Waals surface area contributed by atoms with Gasteiger partial charge in [-0.25, -0.2) is 4.39 Å². The Morgan fingerprint density at radius 3 is 2.52 bits per heavy atom. The molecule has 0 aliphatic carbocycles. The van der Waals surface area contributed by atoms with E-state index in [0.717, 1.165) is 31.2 Å². The lowest BCUT2D eigenvalue weighted by Crippen LogP contribution is -2.28. The Morgan fingerprint density at radius 2 is 1.90 bits per heavy atom. The average Bonchev–Trinajstić information content (AvgIpc) is 2.49. The summed E-state index contributed by atoms with van der Waals surface area (Å²) >= 11 is 0. The van der Waals surface area contributed by atoms with Crippen LogP contribution >= 0.6 is 0 Å². The van der Waals surface area contributed by atoms with Crippen LogP contribution in [0.3, 0.4) is 0 Å². The quantitative estimate of drug-likeness (QED) is 0.652. The third kappa shape index (κ3) is 7.20. The fourth-order valence-electron chi connectivity index (χ4n) is 2.09. The number of benzene rings is 1. The summed E-state index contributed by atoms with van der Waals surface area (Å²) in [6.07, 6.45) is 4.24. The standard InChI is InChI=1S/C16H25FN2O2/c1-21-15(13-7-9-14(17)10-8-13)12-19-16(20)6-4-2-3-5-11-18/h7-10,15H,2-6,11-12,18H2,1H3,(H,19,20). The molecule has 0 bridgehead atoms. The Balaban J connectivity index is 2.28. The fraction of sp³-hybridized carbons (Fsp3) is 0.562. The van der Waals surface area contributed by atoms with Crippen molar-refractivity contribution in [1.29, 1.82) is 0 Å². The van der Waals surface area contributed by atoms with Crippen molar-refractivity contribution in [2.24, 2.45) is 5.73 Å². The van der Waals surface area contributed by atoms with Crippen LogP contribution in [0.2, 0.25) is 0 Å². The van der Waals surface area contributed by atoms with Gasteiger partial charge in [0.15, 0.2) is 0 Å². The van der Waals surface area contributed by atoms with Gasteiger partial charge in [0, 0.05) is 20.1 Å². The number of nitrogens with two attached hydrogens (primary N) is 1. The monoisotopic (exact) mass is 296 g/mol. The van der Waals surface area contributed by atoms with E-state index in [-0.39, 0.29) is 17.8 Å². The molecule has 0 saturated carbocycles. The second-order valence-corrected chi connectivity index (χ2v) is 5.03. The number of carbonyl (C=O) groups is 1. The minimum Gasteiger partial charge on any atom is -0.375 e. The Kier molecular flexibility index (Phi) is 8.62. The van der Waals surface area contributed by atoms with Crippen LogP contribution in [-0.4, -0.2) is 26.1 Å². The average molecular weight is 296 g/mol. The van der Waals surface area contributed by atoms with E-state index >= 15 is 0 Å². The summed E-state index contributed by atoms with van der Waals surface area (Å²) in [5.41, 5.74) is 6.26. The minimum absolute atomic E-state index is 0.0203. The molecule has 3 N–H and O–H groups in total. The number of methoxy groups -OCH3 is 1. The number of nitrogens with one attached hydrogen (secondary N) is 1. The van der Waals surface area contributed by atoms with Gasteiger partial charge in [-0.2, -0.15) is 0 Å². The molecule has 1 aromatic rings. The highest BCUT2D eigenvalue weighted by atomic mass is 19.1. The Hall–Kier alpha value is -1.46. The van der Waals surface area contributed by atoms with E-state index in [0.29, 0.717) is 19.5 Å². The molecule has 0 heterocycles. The molecule has 118 valence electrons. The first-order valence-electron chi connectivity index (χ1n) is 7.42. The van der Waals surface area contributed by atoms with Crippen LogP contribution < -0.4 is 11.1 Å². The van der Waals surface area contributed by atoms with Crippen molar-refractivity contribution in [2.45, 2.75) is 38.2 Å². The molecular weight excluding hydrogens is 271 g/mol. The third-order valence-electron chi connectivity index (χ3n) is 3.37. The molecule has 0 aliphatic rings. The van der Waals surface area contributed by atoms with E-state index < -0.39 is 0 Å².